The van der Waals surface area contributed by atoms with Gasteiger partial charge in [-0.25, -0.2) is 4.79 Å². The summed E-state index contributed by atoms with van der Waals surface area (Å²) in [5.41, 5.74) is 1.20. The molecule has 1 heterocycles. The minimum Gasteiger partial charge on any atom is -0.478 e. The molecule has 15 heavy (non-hydrogen) atoms. The Morgan fingerprint density at radius 1 is 1.60 bits per heavy atom. The van der Waals surface area contributed by atoms with Crippen LogP contribution in [-0.4, -0.2) is 20.9 Å². The fourth-order valence-electron chi connectivity index (χ4n) is 2.14. The predicted octanol–water partition coefficient (Wildman–Crippen LogP) is 1.94. The molecule has 0 aromatic carbocycles. The minimum atomic E-state index is -0.882. The van der Waals surface area contributed by atoms with E-state index in [-0.39, 0.29) is 0 Å². The average molecular weight is 206 g/mol. The first kappa shape index (κ1) is 9.96. The lowest BCUT2D eigenvalue weighted by Crippen LogP contribution is -2.11. The summed E-state index contributed by atoms with van der Waals surface area (Å²) in [5.74, 6) is -0.582. The molecule has 0 fully saturated rings. The molecule has 0 spiro atoms. The van der Waals surface area contributed by atoms with E-state index in [9.17, 15) is 4.79 Å². The van der Waals surface area contributed by atoms with Gasteiger partial charge < -0.3 is 5.11 Å². The van der Waals surface area contributed by atoms with Gasteiger partial charge in [0.25, 0.3) is 0 Å². The van der Waals surface area contributed by atoms with Gasteiger partial charge in [0.15, 0.2) is 0 Å². The van der Waals surface area contributed by atoms with Crippen LogP contribution in [0.15, 0.2) is 18.3 Å². The molecule has 0 amide bonds. The molecule has 1 aliphatic rings. The normalized spacial score (nSPS) is 20.5. The van der Waals surface area contributed by atoms with Gasteiger partial charge in [-0.3, -0.25) is 4.68 Å². The highest BCUT2D eigenvalue weighted by Gasteiger charge is 2.23. The lowest BCUT2D eigenvalue weighted by Gasteiger charge is -2.18. The Labute approximate surface area is 88.2 Å². The number of carbonyl (C=O) groups is 1. The fourth-order valence-corrected chi connectivity index (χ4v) is 2.14. The van der Waals surface area contributed by atoms with Crippen molar-refractivity contribution >= 4 is 5.97 Å². The number of aromatic nitrogens is 2. The number of carboxylic acid groups (broad SMARTS) is 1. The third kappa shape index (κ3) is 1.79. The molecule has 4 nitrogen and oxygen atoms in total. The van der Waals surface area contributed by atoms with E-state index < -0.39 is 5.97 Å². The first-order valence-corrected chi connectivity index (χ1v) is 5.10. The lowest BCUT2D eigenvalue weighted by molar-refractivity contribution is 0.0694. The first-order chi connectivity index (χ1) is 7.20. The number of rotatable bonds is 2. The van der Waals surface area contributed by atoms with E-state index in [1.54, 1.807) is 11.7 Å². The SMILES string of the molecule is Cn1ncc(C(=O)O)c1C1CC=CCC1. The fraction of sp³-hybridized carbons (Fsp3) is 0.455. The van der Waals surface area contributed by atoms with Crippen molar-refractivity contribution in [1.82, 2.24) is 9.78 Å². The van der Waals surface area contributed by atoms with Crippen LogP contribution >= 0.6 is 0 Å². The maximum absolute atomic E-state index is 11.0. The molecule has 1 N–H and O–H groups in total. The molecule has 1 aromatic rings. The van der Waals surface area contributed by atoms with Gasteiger partial charge >= 0.3 is 5.97 Å². The van der Waals surface area contributed by atoms with Crippen LogP contribution in [0.1, 0.15) is 41.2 Å². The Morgan fingerprint density at radius 2 is 2.40 bits per heavy atom. The smallest absolute Gasteiger partial charge is 0.339 e. The van der Waals surface area contributed by atoms with Crippen LogP contribution in [0, 0.1) is 0 Å². The van der Waals surface area contributed by atoms with Crippen molar-refractivity contribution in [3.63, 3.8) is 0 Å². The van der Waals surface area contributed by atoms with Crippen molar-refractivity contribution in [2.24, 2.45) is 7.05 Å². The van der Waals surface area contributed by atoms with E-state index >= 15 is 0 Å². The van der Waals surface area contributed by atoms with Crippen molar-refractivity contribution in [2.75, 3.05) is 0 Å². The second-order valence-electron chi connectivity index (χ2n) is 3.85. The summed E-state index contributed by atoms with van der Waals surface area (Å²) in [6, 6.07) is 0. The summed E-state index contributed by atoms with van der Waals surface area (Å²) in [6.07, 6.45) is 8.65. The molecule has 1 aromatic heterocycles. The van der Waals surface area contributed by atoms with E-state index in [1.165, 1.54) is 6.20 Å². The number of hydrogen-bond donors (Lipinski definition) is 1. The quantitative estimate of drug-likeness (QED) is 0.752. The number of aromatic carboxylic acids is 1. The summed E-state index contributed by atoms with van der Waals surface area (Å²) in [5, 5.41) is 13.1. The van der Waals surface area contributed by atoms with Gasteiger partial charge in [0.1, 0.15) is 5.56 Å². The van der Waals surface area contributed by atoms with Crippen LogP contribution in [0.2, 0.25) is 0 Å². The number of allylic oxidation sites excluding steroid dienone is 2. The van der Waals surface area contributed by atoms with E-state index in [2.05, 4.69) is 17.3 Å². The zero-order valence-corrected chi connectivity index (χ0v) is 8.68. The van der Waals surface area contributed by atoms with E-state index in [0.717, 1.165) is 25.0 Å². The average Bonchev–Trinajstić information content (AvgIpc) is 2.61. The molecule has 4 heteroatoms. The predicted molar refractivity (Wildman–Crippen MR) is 55.9 cm³/mol. The molecular weight excluding hydrogens is 192 g/mol. The van der Waals surface area contributed by atoms with Gasteiger partial charge in [-0.15, -0.1) is 0 Å². The van der Waals surface area contributed by atoms with Crippen molar-refractivity contribution in [3.8, 4) is 0 Å². The van der Waals surface area contributed by atoms with E-state index in [4.69, 9.17) is 5.11 Å². The van der Waals surface area contributed by atoms with Crippen LogP contribution in [0.25, 0.3) is 0 Å². The standard InChI is InChI=1S/C11H14N2O2/c1-13-10(8-5-3-2-4-6-8)9(7-12-13)11(14)15/h2-3,7-8H,4-6H2,1H3,(H,14,15). The summed E-state index contributed by atoms with van der Waals surface area (Å²) in [7, 11) is 1.81. The van der Waals surface area contributed by atoms with Crippen molar-refractivity contribution in [1.29, 1.82) is 0 Å². The topological polar surface area (TPSA) is 55.1 Å². The first-order valence-electron chi connectivity index (χ1n) is 5.10. The third-order valence-electron chi connectivity index (χ3n) is 2.87. The number of aryl methyl sites for hydroxylation is 1. The zero-order chi connectivity index (χ0) is 10.8. The Bertz CT molecular complexity index is 407. The molecule has 0 bridgehead atoms. The second-order valence-corrected chi connectivity index (χ2v) is 3.85. The van der Waals surface area contributed by atoms with Gasteiger partial charge in [-0.2, -0.15) is 5.10 Å². The van der Waals surface area contributed by atoms with Crippen LogP contribution < -0.4 is 0 Å². The molecule has 1 unspecified atom stereocenters. The molecule has 0 saturated carbocycles. The second kappa shape index (κ2) is 3.88. The van der Waals surface area contributed by atoms with Crippen molar-refractivity contribution in [2.45, 2.75) is 25.2 Å². The molecule has 0 aliphatic heterocycles. The minimum absolute atomic E-state index is 0.300. The maximum atomic E-state index is 11.0. The van der Waals surface area contributed by atoms with Gasteiger partial charge in [-0.05, 0) is 19.3 Å². The Hall–Kier alpha value is -1.58. The summed E-state index contributed by atoms with van der Waals surface area (Å²) in [4.78, 5) is 11.0. The number of hydrogen-bond acceptors (Lipinski definition) is 2. The number of carboxylic acids is 1. The maximum Gasteiger partial charge on any atom is 0.339 e. The highest BCUT2D eigenvalue weighted by atomic mass is 16.4. The van der Waals surface area contributed by atoms with Gasteiger partial charge in [0.2, 0.25) is 0 Å². The Morgan fingerprint density at radius 3 is 3.00 bits per heavy atom. The zero-order valence-electron chi connectivity index (χ0n) is 8.68. The lowest BCUT2D eigenvalue weighted by atomic mass is 9.89. The van der Waals surface area contributed by atoms with Crippen molar-refractivity contribution in [3.05, 3.63) is 29.6 Å². The van der Waals surface area contributed by atoms with Crippen LogP contribution in [-0.2, 0) is 7.05 Å². The molecule has 2 rings (SSSR count). The summed E-state index contributed by atoms with van der Waals surface area (Å²) < 4.78 is 1.69. The molecule has 0 saturated heterocycles. The van der Waals surface area contributed by atoms with Gasteiger partial charge in [0, 0.05) is 13.0 Å². The van der Waals surface area contributed by atoms with E-state index in [1.807, 2.05) is 0 Å². The largest absolute Gasteiger partial charge is 0.478 e. The highest BCUT2D eigenvalue weighted by Crippen LogP contribution is 2.30. The molecule has 1 aliphatic carbocycles. The van der Waals surface area contributed by atoms with Crippen LogP contribution in [0.3, 0.4) is 0 Å². The monoisotopic (exact) mass is 206 g/mol. The third-order valence-corrected chi connectivity index (χ3v) is 2.87. The Balaban J connectivity index is 2.37. The molecule has 80 valence electrons. The highest BCUT2D eigenvalue weighted by molar-refractivity contribution is 5.88. The number of nitrogens with zero attached hydrogens (tertiary/aromatic N) is 2. The molecular formula is C11H14N2O2. The van der Waals surface area contributed by atoms with Gasteiger partial charge in [0.05, 0.1) is 11.9 Å². The van der Waals surface area contributed by atoms with Crippen LogP contribution in [0.4, 0.5) is 0 Å². The van der Waals surface area contributed by atoms with Crippen LogP contribution in [0.5, 0.6) is 0 Å². The summed E-state index contributed by atoms with van der Waals surface area (Å²) >= 11 is 0. The molecule has 0 radical (unpaired) electrons. The Kier molecular flexibility index (Phi) is 2.58. The van der Waals surface area contributed by atoms with Gasteiger partial charge in [-0.1, -0.05) is 12.2 Å². The molecule has 1 atom stereocenters. The summed E-state index contributed by atoms with van der Waals surface area (Å²) in [6.45, 7) is 0. The van der Waals surface area contributed by atoms with E-state index in [0.29, 0.717) is 11.5 Å². The van der Waals surface area contributed by atoms with Crippen molar-refractivity contribution < 1.29 is 9.90 Å².